The molecular weight excluding hydrogens is 343 g/mol. The van der Waals surface area contributed by atoms with Crippen LogP contribution in [0.3, 0.4) is 0 Å². The molecule has 4 rings (SSSR count). The molecule has 1 aliphatic carbocycles. The van der Waals surface area contributed by atoms with Crippen LogP contribution in [0.2, 0.25) is 0 Å². The molecule has 5 nitrogen and oxygen atoms in total. The van der Waals surface area contributed by atoms with E-state index < -0.39 is 0 Å². The third kappa shape index (κ3) is 3.33. The fourth-order valence-electron chi connectivity index (χ4n) is 4.49. The van der Waals surface area contributed by atoms with Gasteiger partial charge in [-0.1, -0.05) is 25.0 Å². The molecule has 0 bridgehead atoms. The highest BCUT2D eigenvalue weighted by Crippen LogP contribution is 2.31. The van der Waals surface area contributed by atoms with Crippen molar-refractivity contribution in [2.75, 3.05) is 24.5 Å². The number of carbonyl (C=O) groups is 1. The van der Waals surface area contributed by atoms with Gasteiger partial charge in [0.15, 0.2) is 0 Å². The first-order valence-electron chi connectivity index (χ1n) is 9.91. The smallest absolute Gasteiger partial charge is 0.257 e. The van der Waals surface area contributed by atoms with Gasteiger partial charge >= 0.3 is 0 Å². The summed E-state index contributed by atoms with van der Waals surface area (Å²) in [6.45, 7) is 5.87. The van der Waals surface area contributed by atoms with Gasteiger partial charge < -0.3 is 9.80 Å². The Balaban J connectivity index is 1.48. The van der Waals surface area contributed by atoms with Crippen molar-refractivity contribution in [1.29, 1.82) is 0 Å². The number of benzene rings is 1. The minimum atomic E-state index is -0.210. The first-order valence-corrected chi connectivity index (χ1v) is 9.91. The van der Waals surface area contributed by atoms with E-state index in [0.717, 1.165) is 18.5 Å². The normalized spacial score (nSPS) is 21.1. The molecule has 1 aromatic carbocycles. The van der Waals surface area contributed by atoms with Gasteiger partial charge in [0.1, 0.15) is 5.82 Å². The summed E-state index contributed by atoms with van der Waals surface area (Å²) in [6.07, 6.45) is 6.50. The highest BCUT2D eigenvalue weighted by atomic mass is 19.1. The maximum Gasteiger partial charge on any atom is 0.257 e. The topological polar surface area (TPSA) is 41.4 Å². The van der Waals surface area contributed by atoms with Gasteiger partial charge in [-0.05, 0) is 38.8 Å². The third-order valence-electron chi connectivity index (χ3n) is 6.03. The second-order valence-electron chi connectivity index (χ2n) is 7.77. The van der Waals surface area contributed by atoms with Crippen LogP contribution >= 0.6 is 0 Å². The molecule has 27 heavy (non-hydrogen) atoms. The molecule has 0 unspecified atom stereocenters. The highest BCUT2D eigenvalue weighted by Gasteiger charge is 2.31. The molecule has 2 aromatic rings. The Hall–Kier alpha value is -2.37. The lowest BCUT2D eigenvalue weighted by Crippen LogP contribution is -2.54. The van der Waals surface area contributed by atoms with Gasteiger partial charge in [0.25, 0.3) is 5.91 Å². The van der Waals surface area contributed by atoms with Gasteiger partial charge in [-0.15, -0.1) is 0 Å². The third-order valence-corrected chi connectivity index (χ3v) is 6.03. The molecule has 0 radical (unpaired) electrons. The van der Waals surface area contributed by atoms with Crippen molar-refractivity contribution in [2.24, 2.45) is 0 Å². The van der Waals surface area contributed by atoms with Crippen LogP contribution < -0.4 is 4.90 Å². The van der Waals surface area contributed by atoms with Crippen LogP contribution in [0.5, 0.6) is 0 Å². The van der Waals surface area contributed by atoms with Crippen molar-refractivity contribution < 1.29 is 9.18 Å². The van der Waals surface area contributed by atoms with E-state index in [1.807, 2.05) is 34.4 Å². The fraction of sp³-hybridized carbons (Fsp3) is 0.524. The number of halogens is 1. The molecule has 0 N–H and O–H groups in total. The molecule has 1 saturated heterocycles. The summed E-state index contributed by atoms with van der Waals surface area (Å²) >= 11 is 0. The molecule has 0 spiro atoms. The van der Waals surface area contributed by atoms with E-state index in [-0.39, 0.29) is 17.8 Å². The SMILES string of the molecule is Cc1c(C(=O)N2CCN(c3ccccc3F)C[C@@H]2C)cnn1C1CCCC1. The van der Waals surface area contributed by atoms with E-state index in [0.29, 0.717) is 36.9 Å². The second kappa shape index (κ2) is 7.33. The molecule has 1 aromatic heterocycles. The first-order chi connectivity index (χ1) is 13.1. The summed E-state index contributed by atoms with van der Waals surface area (Å²) < 4.78 is 16.1. The van der Waals surface area contributed by atoms with Crippen molar-refractivity contribution in [1.82, 2.24) is 14.7 Å². The maximum absolute atomic E-state index is 14.1. The van der Waals surface area contributed by atoms with Gasteiger partial charge in [0.05, 0.1) is 23.5 Å². The summed E-state index contributed by atoms with van der Waals surface area (Å²) in [4.78, 5) is 17.1. The Morgan fingerprint density at radius 3 is 2.63 bits per heavy atom. The van der Waals surface area contributed by atoms with E-state index in [4.69, 9.17) is 0 Å². The zero-order chi connectivity index (χ0) is 19.0. The Kier molecular flexibility index (Phi) is 4.89. The number of anilines is 1. The molecule has 144 valence electrons. The van der Waals surface area contributed by atoms with Gasteiger partial charge in [-0.25, -0.2) is 4.39 Å². The van der Waals surface area contributed by atoms with Gasteiger partial charge in [-0.3, -0.25) is 9.48 Å². The largest absolute Gasteiger partial charge is 0.365 e. The zero-order valence-corrected chi connectivity index (χ0v) is 16.1. The van der Waals surface area contributed by atoms with Crippen LogP contribution in [0.4, 0.5) is 10.1 Å². The van der Waals surface area contributed by atoms with Crippen molar-refractivity contribution >= 4 is 11.6 Å². The Bertz CT molecular complexity index is 827. The van der Waals surface area contributed by atoms with Crippen LogP contribution in [0, 0.1) is 12.7 Å². The van der Waals surface area contributed by atoms with E-state index in [1.54, 1.807) is 18.3 Å². The first kappa shape index (κ1) is 18.0. The molecular formula is C21H27FN4O. The standard InChI is InChI=1S/C21H27FN4O/c1-15-14-24(20-10-6-5-9-19(20)22)11-12-25(15)21(27)18-13-23-26(16(18)2)17-7-3-4-8-17/h5-6,9-10,13,15,17H,3-4,7-8,11-12,14H2,1-2H3/t15-/m0/s1. The number of aromatic nitrogens is 2. The molecule has 6 heteroatoms. The lowest BCUT2D eigenvalue weighted by atomic mass is 10.1. The van der Waals surface area contributed by atoms with Crippen molar-refractivity contribution in [3.05, 3.63) is 47.5 Å². The summed E-state index contributed by atoms with van der Waals surface area (Å²) in [5, 5.41) is 4.52. The molecule has 2 heterocycles. The van der Waals surface area contributed by atoms with Crippen LogP contribution in [-0.2, 0) is 0 Å². The summed E-state index contributed by atoms with van der Waals surface area (Å²) in [5.74, 6) is -0.171. The Morgan fingerprint density at radius 1 is 1.19 bits per heavy atom. The highest BCUT2D eigenvalue weighted by molar-refractivity contribution is 5.95. The number of piperazine rings is 1. The van der Waals surface area contributed by atoms with Crippen molar-refractivity contribution in [3.63, 3.8) is 0 Å². The van der Waals surface area contributed by atoms with Crippen molar-refractivity contribution in [2.45, 2.75) is 51.6 Å². The van der Waals surface area contributed by atoms with Gasteiger partial charge in [0.2, 0.25) is 0 Å². The molecule has 2 aliphatic rings. The predicted molar refractivity (Wildman–Crippen MR) is 104 cm³/mol. The zero-order valence-electron chi connectivity index (χ0n) is 16.1. The molecule has 1 atom stereocenters. The lowest BCUT2D eigenvalue weighted by Gasteiger charge is -2.41. The molecule has 2 fully saturated rings. The molecule has 1 saturated carbocycles. The van der Waals surface area contributed by atoms with E-state index in [9.17, 15) is 9.18 Å². The van der Waals surface area contributed by atoms with E-state index in [1.165, 1.54) is 18.9 Å². The number of amides is 1. The summed E-state index contributed by atoms with van der Waals surface area (Å²) in [7, 11) is 0. The quantitative estimate of drug-likeness (QED) is 0.825. The monoisotopic (exact) mass is 370 g/mol. The predicted octanol–water partition coefficient (Wildman–Crippen LogP) is 3.80. The second-order valence-corrected chi connectivity index (χ2v) is 7.77. The van der Waals surface area contributed by atoms with Crippen LogP contribution in [0.15, 0.2) is 30.5 Å². The number of rotatable bonds is 3. The summed E-state index contributed by atoms with van der Waals surface area (Å²) in [5.41, 5.74) is 2.28. The number of carbonyl (C=O) groups excluding carboxylic acids is 1. The average molecular weight is 370 g/mol. The minimum Gasteiger partial charge on any atom is -0.365 e. The average Bonchev–Trinajstić information content (AvgIpc) is 3.31. The van der Waals surface area contributed by atoms with Gasteiger partial charge in [-0.2, -0.15) is 5.10 Å². The van der Waals surface area contributed by atoms with Crippen LogP contribution in [-0.4, -0.2) is 46.3 Å². The van der Waals surface area contributed by atoms with Crippen LogP contribution in [0.1, 0.15) is 54.7 Å². The van der Waals surface area contributed by atoms with E-state index in [2.05, 4.69) is 5.10 Å². The summed E-state index contributed by atoms with van der Waals surface area (Å²) in [6, 6.07) is 7.28. The lowest BCUT2D eigenvalue weighted by molar-refractivity contribution is 0.0673. The number of para-hydroxylation sites is 1. The van der Waals surface area contributed by atoms with Crippen LogP contribution in [0.25, 0.3) is 0 Å². The number of hydrogen-bond donors (Lipinski definition) is 0. The Labute approximate surface area is 159 Å². The molecule has 1 amide bonds. The van der Waals surface area contributed by atoms with Gasteiger partial charge in [0, 0.05) is 31.4 Å². The fourth-order valence-corrected chi connectivity index (χ4v) is 4.49. The maximum atomic E-state index is 14.1. The Morgan fingerprint density at radius 2 is 1.93 bits per heavy atom. The van der Waals surface area contributed by atoms with E-state index >= 15 is 0 Å². The van der Waals surface area contributed by atoms with Crippen molar-refractivity contribution in [3.8, 4) is 0 Å². The molecule has 1 aliphatic heterocycles. The minimum absolute atomic E-state index is 0.0140. The number of nitrogens with zero attached hydrogens (tertiary/aromatic N) is 4. The number of hydrogen-bond acceptors (Lipinski definition) is 3.